The summed E-state index contributed by atoms with van der Waals surface area (Å²) in [4.78, 5) is 10.4. The molecule has 0 bridgehead atoms. The molecule has 0 aliphatic heterocycles. The van der Waals surface area contributed by atoms with Gasteiger partial charge < -0.3 is 8.83 Å². The number of furan rings is 1. The van der Waals surface area contributed by atoms with Gasteiger partial charge in [-0.2, -0.15) is 0 Å². The molecule has 0 radical (unpaired) electrons. The van der Waals surface area contributed by atoms with Crippen molar-refractivity contribution in [1.29, 1.82) is 0 Å². The first kappa shape index (κ1) is 9.97. The van der Waals surface area contributed by atoms with Crippen LogP contribution in [-0.2, 0) is 6.42 Å². The third kappa shape index (κ3) is 2.27. The quantitative estimate of drug-likeness (QED) is 0.741. The van der Waals surface area contributed by atoms with Gasteiger partial charge in [-0.1, -0.05) is 6.92 Å². The van der Waals surface area contributed by atoms with E-state index in [0.29, 0.717) is 28.9 Å². The number of aryl methyl sites for hydroxylation is 1. The number of nitrogens with zero attached hydrogens (tertiary/aromatic N) is 2. The molecule has 0 aromatic carbocycles. The van der Waals surface area contributed by atoms with E-state index in [2.05, 4.69) is 10.2 Å². The lowest BCUT2D eigenvalue weighted by Crippen LogP contribution is -1.76. The largest absolute Gasteiger partial charge is 0.447 e. The highest BCUT2D eigenvalue weighted by Crippen LogP contribution is 2.27. The Hall–Kier alpha value is -1.56. The van der Waals surface area contributed by atoms with Crippen LogP contribution in [0.3, 0.4) is 0 Å². The summed E-state index contributed by atoms with van der Waals surface area (Å²) in [6.45, 7) is 1.93. The maximum atomic E-state index is 10.4. The van der Waals surface area contributed by atoms with Gasteiger partial charge in [0.1, 0.15) is 0 Å². The fourth-order valence-corrected chi connectivity index (χ4v) is 1.63. The molecule has 2 aromatic rings. The molecule has 0 saturated heterocycles. The minimum atomic E-state index is 0.285. The molecule has 2 aromatic heterocycles. The van der Waals surface area contributed by atoms with Gasteiger partial charge >= 0.3 is 0 Å². The van der Waals surface area contributed by atoms with Gasteiger partial charge in [0, 0.05) is 18.2 Å². The number of aromatic nitrogens is 2. The molecule has 0 aliphatic rings. The van der Waals surface area contributed by atoms with Gasteiger partial charge in [-0.25, -0.2) is 0 Å². The number of hydrogen-bond donors (Lipinski definition) is 0. The predicted octanol–water partition coefficient (Wildman–Crippen LogP) is 2.19. The highest BCUT2D eigenvalue weighted by molar-refractivity contribution is 7.99. The fourth-order valence-electron chi connectivity index (χ4n) is 0.961. The molecule has 78 valence electrons. The Kier molecular flexibility index (Phi) is 2.86. The van der Waals surface area contributed by atoms with E-state index in [4.69, 9.17) is 8.83 Å². The third-order valence-electron chi connectivity index (χ3n) is 1.66. The summed E-state index contributed by atoms with van der Waals surface area (Å²) in [6, 6.07) is 3.27. The Morgan fingerprint density at radius 3 is 2.87 bits per heavy atom. The average molecular weight is 224 g/mol. The van der Waals surface area contributed by atoms with Crippen molar-refractivity contribution < 1.29 is 13.6 Å². The zero-order chi connectivity index (χ0) is 10.7. The summed E-state index contributed by atoms with van der Waals surface area (Å²) in [7, 11) is 0. The number of carbonyl (C=O) groups is 1. The van der Waals surface area contributed by atoms with Crippen molar-refractivity contribution in [3.05, 3.63) is 23.8 Å². The standard InChI is InChI=1S/C9H8N2O3S/c1-2-7-10-11-9(14-7)15-8-4-3-6(5-12)13-8/h3-5H,2H2,1H3. The lowest BCUT2D eigenvalue weighted by molar-refractivity contribution is 0.109. The Balaban J connectivity index is 2.10. The Morgan fingerprint density at radius 1 is 1.40 bits per heavy atom. The minimum absolute atomic E-state index is 0.285. The molecular formula is C9H8N2O3S. The molecule has 0 aliphatic carbocycles. The summed E-state index contributed by atoms with van der Waals surface area (Å²) < 4.78 is 10.4. The van der Waals surface area contributed by atoms with Crippen molar-refractivity contribution in [3.63, 3.8) is 0 Å². The molecule has 0 spiro atoms. The first-order valence-electron chi connectivity index (χ1n) is 4.37. The van der Waals surface area contributed by atoms with Crippen LogP contribution in [0.2, 0.25) is 0 Å². The minimum Gasteiger partial charge on any atom is -0.447 e. The second-order valence-electron chi connectivity index (χ2n) is 2.69. The zero-order valence-electron chi connectivity index (χ0n) is 7.97. The van der Waals surface area contributed by atoms with E-state index in [-0.39, 0.29) is 5.76 Å². The van der Waals surface area contributed by atoms with Crippen LogP contribution in [0, 0.1) is 0 Å². The third-order valence-corrected chi connectivity index (χ3v) is 2.42. The first-order chi connectivity index (χ1) is 7.31. The fraction of sp³-hybridized carbons (Fsp3) is 0.222. The predicted molar refractivity (Wildman–Crippen MR) is 51.9 cm³/mol. The van der Waals surface area contributed by atoms with Crippen molar-refractivity contribution in [2.75, 3.05) is 0 Å². The summed E-state index contributed by atoms with van der Waals surface area (Å²) in [5, 5.41) is 8.60. The first-order valence-corrected chi connectivity index (χ1v) is 5.18. The Bertz CT molecular complexity index is 463. The number of carbonyl (C=O) groups excluding carboxylic acids is 1. The van der Waals surface area contributed by atoms with Crippen molar-refractivity contribution in [2.45, 2.75) is 23.7 Å². The maximum Gasteiger partial charge on any atom is 0.284 e. The number of aldehydes is 1. The molecular weight excluding hydrogens is 216 g/mol. The van der Waals surface area contributed by atoms with E-state index in [1.165, 1.54) is 11.8 Å². The van der Waals surface area contributed by atoms with E-state index in [0.717, 1.165) is 0 Å². The highest BCUT2D eigenvalue weighted by Gasteiger charge is 2.09. The summed E-state index contributed by atoms with van der Waals surface area (Å²) in [5.41, 5.74) is 0. The van der Waals surface area contributed by atoms with Crippen molar-refractivity contribution in [3.8, 4) is 0 Å². The average Bonchev–Trinajstić information content (AvgIpc) is 2.87. The van der Waals surface area contributed by atoms with Gasteiger partial charge in [0.05, 0.1) is 0 Å². The van der Waals surface area contributed by atoms with Crippen LogP contribution in [-0.4, -0.2) is 16.5 Å². The molecule has 15 heavy (non-hydrogen) atoms. The van der Waals surface area contributed by atoms with Crippen molar-refractivity contribution >= 4 is 18.0 Å². The van der Waals surface area contributed by atoms with Gasteiger partial charge in [-0.05, 0) is 12.1 Å². The van der Waals surface area contributed by atoms with Crippen LogP contribution in [0.1, 0.15) is 23.4 Å². The van der Waals surface area contributed by atoms with E-state index >= 15 is 0 Å². The topological polar surface area (TPSA) is 69.1 Å². The molecule has 0 unspecified atom stereocenters. The van der Waals surface area contributed by atoms with Crippen LogP contribution in [0.25, 0.3) is 0 Å². The summed E-state index contributed by atoms with van der Waals surface area (Å²) >= 11 is 1.19. The SMILES string of the molecule is CCc1nnc(Sc2ccc(C=O)o2)o1. The second-order valence-corrected chi connectivity index (χ2v) is 3.65. The van der Waals surface area contributed by atoms with Crippen LogP contribution < -0.4 is 0 Å². The van der Waals surface area contributed by atoms with Gasteiger partial charge in [0.2, 0.25) is 5.89 Å². The van der Waals surface area contributed by atoms with Gasteiger partial charge in [0.25, 0.3) is 5.22 Å². The molecule has 2 heterocycles. The molecule has 0 atom stereocenters. The van der Waals surface area contributed by atoms with Crippen molar-refractivity contribution in [2.24, 2.45) is 0 Å². The van der Waals surface area contributed by atoms with E-state index in [9.17, 15) is 4.79 Å². The van der Waals surface area contributed by atoms with Crippen LogP contribution in [0.5, 0.6) is 0 Å². The molecule has 0 N–H and O–H groups in total. The molecule has 0 amide bonds. The second kappa shape index (κ2) is 4.31. The molecule has 0 fully saturated rings. The number of rotatable bonds is 4. The maximum absolute atomic E-state index is 10.4. The smallest absolute Gasteiger partial charge is 0.284 e. The normalized spacial score (nSPS) is 10.5. The van der Waals surface area contributed by atoms with E-state index < -0.39 is 0 Å². The molecule has 2 rings (SSSR count). The van der Waals surface area contributed by atoms with E-state index in [1.807, 2.05) is 6.92 Å². The van der Waals surface area contributed by atoms with Gasteiger partial charge in [0.15, 0.2) is 17.1 Å². The summed E-state index contributed by atoms with van der Waals surface area (Å²) in [5.74, 6) is 0.868. The zero-order valence-corrected chi connectivity index (χ0v) is 8.78. The van der Waals surface area contributed by atoms with Crippen molar-refractivity contribution in [1.82, 2.24) is 10.2 Å². The number of hydrogen-bond acceptors (Lipinski definition) is 6. The Labute approximate surface area is 89.9 Å². The van der Waals surface area contributed by atoms with Crippen LogP contribution in [0.4, 0.5) is 0 Å². The van der Waals surface area contributed by atoms with Crippen LogP contribution >= 0.6 is 11.8 Å². The molecule has 0 saturated carbocycles. The molecule has 6 heteroatoms. The van der Waals surface area contributed by atoms with Gasteiger partial charge in [-0.15, -0.1) is 10.2 Å². The highest BCUT2D eigenvalue weighted by atomic mass is 32.2. The van der Waals surface area contributed by atoms with Gasteiger partial charge in [-0.3, -0.25) is 4.79 Å². The lowest BCUT2D eigenvalue weighted by atomic mass is 10.5. The monoisotopic (exact) mass is 224 g/mol. The lowest BCUT2D eigenvalue weighted by Gasteiger charge is -1.88. The summed E-state index contributed by atoms with van der Waals surface area (Å²) in [6.07, 6.45) is 1.35. The molecule has 5 nitrogen and oxygen atoms in total. The van der Waals surface area contributed by atoms with Crippen LogP contribution in [0.15, 0.2) is 31.3 Å². The van der Waals surface area contributed by atoms with E-state index in [1.54, 1.807) is 12.1 Å². The Morgan fingerprint density at radius 2 is 2.27 bits per heavy atom.